The smallest absolute Gasteiger partial charge is 0.144 e. The second kappa shape index (κ2) is 5.55. The molecule has 0 spiro atoms. The van der Waals surface area contributed by atoms with Crippen LogP contribution in [0.2, 0.25) is 0 Å². The normalized spacial score (nSPS) is 14.8. The summed E-state index contributed by atoms with van der Waals surface area (Å²) in [7, 11) is 1.90. The van der Waals surface area contributed by atoms with Crippen LogP contribution < -0.4 is 5.32 Å². The van der Waals surface area contributed by atoms with Crippen molar-refractivity contribution in [2.24, 2.45) is 13.0 Å². The zero-order chi connectivity index (χ0) is 15.8. The summed E-state index contributed by atoms with van der Waals surface area (Å²) in [6.45, 7) is 1.57. The number of carbonyl (C=O) groups is 1. The minimum Gasteiger partial charge on any atom is -0.315 e. The summed E-state index contributed by atoms with van der Waals surface area (Å²) >= 11 is 0. The molecule has 1 aliphatic rings. The standard InChI is InChI=1S/C17H17N5O/c1-22-10-14(9-19-22)11-2-3-16-12(4-11)5-15(20-21-16)6-17(23)13-7-18-8-13/h2-5,9-10,13,18H,6-8H2,1H3. The quantitative estimate of drug-likeness (QED) is 0.788. The Balaban J connectivity index is 1.65. The minimum atomic E-state index is 0.134. The van der Waals surface area contributed by atoms with Crippen molar-refractivity contribution in [2.45, 2.75) is 6.42 Å². The number of fused-ring (bicyclic) bond motifs is 1. The highest BCUT2D eigenvalue weighted by molar-refractivity contribution is 5.87. The van der Waals surface area contributed by atoms with Crippen molar-refractivity contribution in [2.75, 3.05) is 13.1 Å². The number of ketones is 1. The topological polar surface area (TPSA) is 72.7 Å². The van der Waals surface area contributed by atoms with Gasteiger partial charge in [0, 0.05) is 43.2 Å². The highest BCUT2D eigenvalue weighted by Crippen LogP contribution is 2.23. The largest absolute Gasteiger partial charge is 0.315 e. The monoisotopic (exact) mass is 307 g/mol. The SMILES string of the molecule is Cn1cc(-c2ccc3nnc(CC(=O)C4CNC4)cc3c2)cn1. The molecule has 6 nitrogen and oxygen atoms in total. The van der Waals surface area contributed by atoms with Gasteiger partial charge in [-0.2, -0.15) is 15.3 Å². The zero-order valence-electron chi connectivity index (χ0n) is 12.9. The molecule has 0 atom stereocenters. The first-order valence-electron chi connectivity index (χ1n) is 7.68. The van der Waals surface area contributed by atoms with Gasteiger partial charge in [0.1, 0.15) is 5.78 Å². The van der Waals surface area contributed by atoms with Gasteiger partial charge in [0.25, 0.3) is 0 Å². The number of hydrogen-bond donors (Lipinski definition) is 1. The Morgan fingerprint density at radius 3 is 2.83 bits per heavy atom. The lowest BCUT2D eigenvalue weighted by molar-refractivity contribution is -0.123. The number of nitrogens with one attached hydrogen (secondary N) is 1. The second-order valence-corrected chi connectivity index (χ2v) is 6.01. The maximum absolute atomic E-state index is 12.1. The fourth-order valence-electron chi connectivity index (χ4n) is 2.76. The van der Waals surface area contributed by atoms with Gasteiger partial charge in [0.15, 0.2) is 0 Å². The van der Waals surface area contributed by atoms with E-state index in [9.17, 15) is 4.79 Å². The fourth-order valence-corrected chi connectivity index (χ4v) is 2.76. The van der Waals surface area contributed by atoms with Crippen molar-refractivity contribution in [1.29, 1.82) is 0 Å². The van der Waals surface area contributed by atoms with Crippen LogP contribution in [0.3, 0.4) is 0 Å². The molecular weight excluding hydrogens is 290 g/mol. The van der Waals surface area contributed by atoms with E-state index < -0.39 is 0 Å². The Labute approximate surface area is 133 Å². The third-order valence-corrected chi connectivity index (χ3v) is 4.27. The van der Waals surface area contributed by atoms with E-state index in [0.717, 1.165) is 40.8 Å². The van der Waals surface area contributed by atoms with Crippen molar-refractivity contribution in [1.82, 2.24) is 25.3 Å². The van der Waals surface area contributed by atoms with E-state index >= 15 is 0 Å². The van der Waals surface area contributed by atoms with E-state index in [1.165, 1.54) is 0 Å². The van der Waals surface area contributed by atoms with Gasteiger partial charge in [-0.05, 0) is 23.8 Å². The molecule has 0 radical (unpaired) electrons. The Morgan fingerprint density at radius 1 is 1.26 bits per heavy atom. The van der Waals surface area contributed by atoms with E-state index in [2.05, 4.69) is 26.7 Å². The highest BCUT2D eigenvalue weighted by Gasteiger charge is 2.25. The molecule has 1 aliphatic heterocycles. The summed E-state index contributed by atoms with van der Waals surface area (Å²) in [5.74, 6) is 0.370. The van der Waals surface area contributed by atoms with Crippen LogP contribution in [0.5, 0.6) is 0 Å². The summed E-state index contributed by atoms with van der Waals surface area (Å²) in [5.41, 5.74) is 3.71. The number of aromatic nitrogens is 4. The Morgan fingerprint density at radius 2 is 2.13 bits per heavy atom. The van der Waals surface area contributed by atoms with Gasteiger partial charge in [-0.15, -0.1) is 0 Å². The van der Waals surface area contributed by atoms with Crippen LogP contribution in [-0.4, -0.2) is 38.9 Å². The molecule has 0 aliphatic carbocycles. The lowest BCUT2D eigenvalue weighted by atomic mass is 9.94. The molecule has 0 saturated carbocycles. The van der Waals surface area contributed by atoms with Crippen molar-refractivity contribution in [3.8, 4) is 11.1 Å². The molecule has 4 rings (SSSR count). The van der Waals surface area contributed by atoms with Crippen LogP contribution in [0.15, 0.2) is 36.7 Å². The first-order valence-corrected chi connectivity index (χ1v) is 7.68. The molecule has 1 N–H and O–H groups in total. The Hall–Kier alpha value is -2.60. The minimum absolute atomic E-state index is 0.134. The number of Topliss-reactive ketones (excluding diaryl/α,β-unsaturated/α-hetero) is 1. The first kappa shape index (κ1) is 14.0. The second-order valence-electron chi connectivity index (χ2n) is 6.01. The third kappa shape index (κ3) is 2.73. The van der Waals surface area contributed by atoms with Crippen LogP contribution in [-0.2, 0) is 18.3 Å². The van der Waals surface area contributed by atoms with Crippen LogP contribution in [0.4, 0.5) is 0 Å². The van der Waals surface area contributed by atoms with E-state index in [4.69, 9.17) is 0 Å². The van der Waals surface area contributed by atoms with Crippen molar-refractivity contribution >= 4 is 16.7 Å². The molecule has 2 aromatic heterocycles. The summed E-state index contributed by atoms with van der Waals surface area (Å²) in [4.78, 5) is 12.1. The molecular formula is C17H17N5O. The molecule has 1 aromatic carbocycles. The molecule has 116 valence electrons. The average molecular weight is 307 g/mol. The molecule has 6 heteroatoms. The molecule has 3 aromatic rings. The zero-order valence-corrected chi connectivity index (χ0v) is 12.9. The molecule has 0 bridgehead atoms. The van der Waals surface area contributed by atoms with Gasteiger partial charge in [-0.25, -0.2) is 0 Å². The molecule has 0 unspecified atom stereocenters. The summed E-state index contributed by atoms with van der Waals surface area (Å²) in [6.07, 6.45) is 4.17. The van der Waals surface area contributed by atoms with Crippen LogP contribution >= 0.6 is 0 Å². The van der Waals surface area contributed by atoms with Crippen molar-refractivity contribution in [3.05, 3.63) is 42.4 Å². The lowest BCUT2D eigenvalue weighted by Crippen LogP contribution is -2.47. The van der Waals surface area contributed by atoms with E-state index in [-0.39, 0.29) is 11.7 Å². The maximum Gasteiger partial charge on any atom is 0.144 e. The van der Waals surface area contributed by atoms with E-state index in [1.807, 2.05) is 37.6 Å². The van der Waals surface area contributed by atoms with Gasteiger partial charge < -0.3 is 5.32 Å². The molecule has 23 heavy (non-hydrogen) atoms. The van der Waals surface area contributed by atoms with Gasteiger partial charge in [-0.1, -0.05) is 6.07 Å². The molecule has 3 heterocycles. The van der Waals surface area contributed by atoms with Gasteiger partial charge >= 0.3 is 0 Å². The number of rotatable bonds is 4. The number of aryl methyl sites for hydroxylation is 1. The fraction of sp³-hybridized carbons (Fsp3) is 0.294. The highest BCUT2D eigenvalue weighted by atomic mass is 16.1. The number of carbonyl (C=O) groups excluding carboxylic acids is 1. The van der Waals surface area contributed by atoms with Crippen molar-refractivity contribution < 1.29 is 4.79 Å². The van der Waals surface area contributed by atoms with Gasteiger partial charge in [0.2, 0.25) is 0 Å². The summed E-state index contributed by atoms with van der Waals surface area (Å²) in [5, 5.41) is 16.7. The Bertz CT molecular complexity index is 882. The number of nitrogens with zero attached hydrogens (tertiary/aromatic N) is 4. The van der Waals surface area contributed by atoms with Crippen LogP contribution in [0, 0.1) is 5.92 Å². The van der Waals surface area contributed by atoms with E-state index in [1.54, 1.807) is 4.68 Å². The summed E-state index contributed by atoms with van der Waals surface area (Å²) in [6, 6.07) is 8.00. The number of benzene rings is 1. The third-order valence-electron chi connectivity index (χ3n) is 4.27. The predicted octanol–water partition coefficient (Wildman–Crippen LogP) is 1.36. The summed E-state index contributed by atoms with van der Waals surface area (Å²) < 4.78 is 1.78. The molecule has 1 saturated heterocycles. The number of hydrogen-bond acceptors (Lipinski definition) is 5. The van der Waals surface area contributed by atoms with Crippen LogP contribution in [0.25, 0.3) is 22.0 Å². The lowest BCUT2D eigenvalue weighted by Gasteiger charge is -2.25. The van der Waals surface area contributed by atoms with E-state index in [0.29, 0.717) is 6.42 Å². The van der Waals surface area contributed by atoms with Crippen LogP contribution in [0.1, 0.15) is 5.69 Å². The molecule has 0 amide bonds. The van der Waals surface area contributed by atoms with Gasteiger partial charge in [-0.3, -0.25) is 9.48 Å². The van der Waals surface area contributed by atoms with Crippen molar-refractivity contribution in [3.63, 3.8) is 0 Å². The Kier molecular flexibility index (Phi) is 3.38. The average Bonchev–Trinajstić information content (AvgIpc) is 2.91. The van der Waals surface area contributed by atoms with Gasteiger partial charge in [0.05, 0.1) is 23.8 Å². The maximum atomic E-state index is 12.1. The predicted molar refractivity (Wildman–Crippen MR) is 86.8 cm³/mol. The molecule has 1 fully saturated rings. The first-order chi connectivity index (χ1) is 11.2.